The van der Waals surface area contributed by atoms with Crippen molar-refractivity contribution < 1.29 is 32.4 Å². The molecule has 0 saturated heterocycles. The highest BCUT2D eigenvalue weighted by Gasteiger charge is 2.33. The Morgan fingerprint density at radius 1 is 1.06 bits per heavy atom. The van der Waals surface area contributed by atoms with Gasteiger partial charge >= 0.3 is 11.9 Å². The molecular weight excluding hydrogens is 453 g/mol. The number of amides is 1. The predicted octanol–water partition coefficient (Wildman–Crippen LogP) is 6.32. The molecular formula is C21H14ClF3N2O5. The van der Waals surface area contributed by atoms with Gasteiger partial charge in [0.15, 0.2) is 5.75 Å². The zero-order chi connectivity index (χ0) is 23.5. The number of anilines is 1. The van der Waals surface area contributed by atoms with E-state index in [2.05, 4.69) is 5.32 Å². The number of carbonyl (C=O) groups is 1. The molecule has 3 rings (SSSR count). The highest BCUT2D eigenvalue weighted by Crippen LogP contribution is 2.39. The summed E-state index contributed by atoms with van der Waals surface area (Å²) in [4.78, 5) is 23.1. The zero-order valence-electron chi connectivity index (χ0n) is 16.3. The monoisotopic (exact) mass is 466 g/mol. The number of nitrogens with zero attached hydrogens (tertiary/aromatic N) is 1. The van der Waals surface area contributed by atoms with Gasteiger partial charge in [-0.05, 0) is 36.4 Å². The van der Waals surface area contributed by atoms with Crippen molar-refractivity contribution in [1.29, 1.82) is 0 Å². The maximum atomic E-state index is 12.9. The Hall–Kier alpha value is -3.79. The normalized spacial score (nSPS) is 11.0. The third-order valence-electron chi connectivity index (χ3n) is 4.25. The van der Waals surface area contributed by atoms with Gasteiger partial charge in [-0.1, -0.05) is 29.8 Å². The van der Waals surface area contributed by atoms with Crippen molar-refractivity contribution in [3.63, 3.8) is 0 Å². The van der Waals surface area contributed by atoms with Gasteiger partial charge in [-0.25, -0.2) is 0 Å². The highest BCUT2D eigenvalue weighted by molar-refractivity contribution is 6.32. The zero-order valence-corrected chi connectivity index (χ0v) is 17.0. The van der Waals surface area contributed by atoms with Crippen molar-refractivity contribution in [2.75, 3.05) is 12.4 Å². The molecule has 0 aliphatic carbocycles. The Kier molecular flexibility index (Phi) is 6.54. The first-order valence-corrected chi connectivity index (χ1v) is 9.26. The number of hydrogen-bond acceptors (Lipinski definition) is 5. The van der Waals surface area contributed by atoms with E-state index >= 15 is 0 Å². The number of nitro groups is 1. The summed E-state index contributed by atoms with van der Waals surface area (Å²) in [6.07, 6.45) is -4.77. The van der Waals surface area contributed by atoms with Crippen LogP contribution in [0.2, 0.25) is 5.02 Å². The molecule has 1 N–H and O–H groups in total. The van der Waals surface area contributed by atoms with Gasteiger partial charge in [0.1, 0.15) is 5.75 Å². The van der Waals surface area contributed by atoms with Crippen LogP contribution in [0.25, 0.3) is 0 Å². The topological polar surface area (TPSA) is 90.7 Å². The fourth-order valence-electron chi connectivity index (χ4n) is 2.79. The summed E-state index contributed by atoms with van der Waals surface area (Å²) in [5.41, 5.74) is -1.86. The molecule has 0 aliphatic heterocycles. The number of halogens is 4. The molecule has 0 saturated carbocycles. The van der Waals surface area contributed by atoms with Crippen molar-refractivity contribution in [3.05, 3.63) is 86.9 Å². The first-order chi connectivity index (χ1) is 15.1. The van der Waals surface area contributed by atoms with E-state index in [9.17, 15) is 28.1 Å². The largest absolute Gasteiger partial charge is 0.493 e. The maximum Gasteiger partial charge on any atom is 0.416 e. The van der Waals surface area contributed by atoms with Crippen molar-refractivity contribution >= 4 is 28.9 Å². The Morgan fingerprint density at radius 2 is 1.78 bits per heavy atom. The second-order valence-corrected chi connectivity index (χ2v) is 6.72. The lowest BCUT2D eigenvalue weighted by Gasteiger charge is -2.14. The van der Waals surface area contributed by atoms with E-state index in [-0.39, 0.29) is 27.8 Å². The van der Waals surface area contributed by atoms with Crippen LogP contribution in [0.5, 0.6) is 17.2 Å². The van der Waals surface area contributed by atoms with Crippen LogP contribution in [0.4, 0.5) is 24.5 Å². The minimum atomic E-state index is -4.77. The number of ether oxygens (including phenoxy) is 2. The summed E-state index contributed by atoms with van der Waals surface area (Å²) in [5, 5.41) is 14.2. The molecule has 0 heterocycles. The molecule has 11 heteroatoms. The second-order valence-electron chi connectivity index (χ2n) is 6.31. The average Bonchev–Trinajstić information content (AvgIpc) is 2.73. The Labute approximate surface area is 184 Å². The van der Waals surface area contributed by atoms with Crippen molar-refractivity contribution in [1.82, 2.24) is 0 Å². The van der Waals surface area contributed by atoms with Gasteiger partial charge in [0.25, 0.3) is 5.91 Å². The molecule has 0 spiro atoms. The Balaban J connectivity index is 1.95. The first-order valence-electron chi connectivity index (χ1n) is 8.88. The van der Waals surface area contributed by atoms with Crippen LogP contribution >= 0.6 is 11.6 Å². The van der Waals surface area contributed by atoms with E-state index in [1.165, 1.54) is 31.4 Å². The smallest absolute Gasteiger partial charge is 0.416 e. The molecule has 0 aromatic heterocycles. The van der Waals surface area contributed by atoms with Gasteiger partial charge in [-0.15, -0.1) is 0 Å². The number of nitro benzene ring substituents is 1. The molecule has 0 fully saturated rings. The van der Waals surface area contributed by atoms with Crippen LogP contribution in [0.15, 0.2) is 60.7 Å². The van der Waals surface area contributed by atoms with Gasteiger partial charge in [0.2, 0.25) is 5.75 Å². The Bertz CT molecular complexity index is 1180. The standard InChI is InChI=1S/C21H14ClF3N2O5/c1-31-19-14(22)6-4-7-15(19)26-20(28)13-5-2-3-8-17(13)32-18-10-9-12(21(23,24)25)11-16(18)27(29)30/h2-11H,1H3,(H,26,28). The number of benzene rings is 3. The molecule has 0 bridgehead atoms. The summed E-state index contributed by atoms with van der Waals surface area (Å²) in [7, 11) is 1.37. The van der Waals surface area contributed by atoms with E-state index in [4.69, 9.17) is 21.1 Å². The minimum absolute atomic E-state index is 0.0243. The molecule has 32 heavy (non-hydrogen) atoms. The maximum absolute atomic E-state index is 12.9. The number of carbonyl (C=O) groups excluding carboxylic acids is 1. The lowest BCUT2D eigenvalue weighted by Crippen LogP contribution is -2.14. The molecule has 3 aromatic carbocycles. The van der Waals surface area contributed by atoms with Gasteiger partial charge in [-0.2, -0.15) is 13.2 Å². The van der Waals surface area contributed by atoms with E-state index < -0.39 is 34.0 Å². The van der Waals surface area contributed by atoms with Gasteiger partial charge in [-0.3, -0.25) is 14.9 Å². The summed E-state index contributed by atoms with van der Waals surface area (Å²) >= 11 is 6.04. The molecule has 0 atom stereocenters. The lowest BCUT2D eigenvalue weighted by atomic mass is 10.1. The number of nitrogens with one attached hydrogen (secondary N) is 1. The van der Waals surface area contributed by atoms with Crippen LogP contribution in [-0.2, 0) is 6.18 Å². The van der Waals surface area contributed by atoms with E-state index in [0.717, 1.165) is 6.07 Å². The van der Waals surface area contributed by atoms with Crippen LogP contribution in [0.1, 0.15) is 15.9 Å². The summed E-state index contributed by atoms with van der Waals surface area (Å²) in [5.74, 6) is -0.993. The van der Waals surface area contributed by atoms with Gasteiger partial charge in [0.05, 0.1) is 33.9 Å². The predicted molar refractivity (Wildman–Crippen MR) is 111 cm³/mol. The fourth-order valence-corrected chi connectivity index (χ4v) is 3.04. The molecule has 166 valence electrons. The number of para-hydroxylation sites is 2. The van der Waals surface area contributed by atoms with Gasteiger partial charge in [0, 0.05) is 6.07 Å². The molecule has 7 nitrogen and oxygen atoms in total. The third-order valence-corrected chi connectivity index (χ3v) is 4.55. The van der Waals surface area contributed by atoms with Crippen LogP contribution in [-0.4, -0.2) is 17.9 Å². The van der Waals surface area contributed by atoms with Crippen LogP contribution in [0.3, 0.4) is 0 Å². The number of hydrogen-bond donors (Lipinski definition) is 1. The number of alkyl halides is 3. The molecule has 0 unspecified atom stereocenters. The second kappa shape index (κ2) is 9.15. The SMILES string of the molecule is COc1c(Cl)cccc1NC(=O)c1ccccc1Oc1ccc(C(F)(F)F)cc1[N+](=O)[O-]. The van der Waals surface area contributed by atoms with Crippen molar-refractivity contribution in [3.8, 4) is 17.2 Å². The lowest BCUT2D eigenvalue weighted by molar-refractivity contribution is -0.385. The number of methoxy groups -OCH3 is 1. The van der Waals surface area contributed by atoms with E-state index in [1.807, 2.05) is 0 Å². The number of rotatable bonds is 6. The third kappa shape index (κ3) is 4.92. The Morgan fingerprint density at radius 3 is 2.44 bits per heavy atom. The first kappa shape index (κ1) is 22.9. The quantitative estimate of drug-likeness (QED) is 0.339. The van der Waals surface area contributed by atoms with Crippen LogP contribution in [0, 0.1) is 10.1 Å². The highest BCUT2D eigenvalue weighted by atomic mass is 35.5. The van der Waals surface area contributed by atoms with Gasteiger partial charge < -0.3 is 14.8 Å². The average molecular weight is 467 g/mol. The summed E-state index contributed by atoms with van der Waals surface area (Å²) in [6, 6.07) is 12.3. The summed E-state index contributed by atoms with van der Waals surface area (Å²) in [6.45, 7) is 0. The van der Waals surface area contributed by atoms with E-state index in [0.29, 0.717) is 12.1 Å². The minimum Gasteiger partial charge on any atom is -0.493 e. The fraction of sp³-hybridized carbons (Fsp3) is 0.0952. The van der Waals surface area contributed by atoms with E-state index in [1.54, 1.807) is 18.2 Å². The molecule has 0 radical (unpaired) electrons. The summed E-state index contributed by atoms with van der Waals surface area (Å²) < 4.78 is 49.4. The molecule has 0 aliphatic rings. The molecule has 3 aromatic rings. The van der Waals surface area contributed by atoms with Crippen LogP contribution < -0.4 is 14.8 Å². The van der Waals surface area contributed by atoms with Crippen molar-refractivity contribution in [2.45, 2.75) is 6.18 Å². The molecule has 1 amide bonds. The van der Waals surface area contributed by atoms with Crippen molar-refractivity contribution in [2.24, 2.45) is 0 Å².